The van der Waals surface area contributed by atoms with Crippen molar-refractivity contribution in [1.82, 2.24) is 5.32 Å². The minimum absolute atomic E-state index is 0.222. The van der Waals surface area contributed by atoms with Crippen molar-refractivity contribution in [1.29, 1.82) is 0 Å². The Kier molecular flexibility index (Phi) is 5.05. The SMILES string of the molecule is CC(C)(C)OC(=O)NC(C)(C=O)c1cccc(Cl)c1Cl. The van der Waals surface area contributed by atoms with Gasteiger partial charge in [-0.15, -0.1) is 0 Å². The number of nitrogens with one attached hydrogen (secondary N) is 1. The summed E-state index contributed by atoms with van der Waals surface area (Å²) >= 11 is 12.0. The van der Waals surface area contributed by atoms with Gasteiger partial charge in [0.2, 0.25) is 0 Å². The predicted octanol–water partition coefficient (Wildman–Crippen LogP) is 3.93. The molecule has 0 aliphatic rings. The summed E-state index contributed by atoms with van der Waals surface area (Å²) in [5.41, 5.74) is -1.57. The average molecular weight is 318 g/mol. The summed E-state index contributed by atoms with van der Waals surface area (Å²) in [4.78, 5) is 23.3. The van der Waals surface area contributed by atoms with Crippen LogP contribution in [0.4, 0.5) is 4.79 Å². The molecule has 0 aliphatic carbocycles. The third-order valence-electron chi connectivity index (χ3n) is 2.51. The maximum Gasteiger partial charge on any atom is 0.408 e. The van der Waals surface area contributed by atoms with Gasteiger partial charge in [-0.3, -0.25) is 0 Å². The smallest absolute Gasteiger partial charge is 0.408 e. The molecule has 1 aromatic carbocycles. The zero-order valence-electron chi connectivity index (χ0n) is 11.8. The number of aldehydes is 1. The third-order valence-corrected chi connectivity index (χ3v) is 3.33. The minimum atomic E-state index is -1.32. The van der Waals surface area contributed by atoms with Crippen molar-refractivity contribution < 1.29 is 14.3 Å². The van der Waals surface area contributed by atoms with Gasteiger partial charge in [-0.1, -0.05) is 35.3 Å². The minimum Gasteiger partial charge on any atom is -0.444 e. The van der Waals surface area contributed by atoms with Crippen molar-refractivity contribution >= 4 is 35.6 Å². The van der Waals surface area contributed by atoms with Gasteiger partial charge in [0, 0.05) is 5.56 Å². The molecule has 1 amide bonds. The quantitative estimate of drug-likeness (QED) is 0.859. The standard InChI is InChI=1S/C14H17Cl2NO3/c1-13(2,3)20-12(19)17-14(4,8-18)9-6-5-7-10(15)11(9)16/h5-8H,1-4H3,(H,17,19). The van der Waals surface area contributed by atoms with E-state index in [-0.39, 0.29) is 5.02 Å². The highest BCUT2D eigenvalue weighted by molar-refractivity contribution is 6.42. The van der Waals surface area contributed by atoms with Gasteiger partial charge in [-0.25, -0.2) is 4.79 Å². The van der Waals surface area contributed by atoms with Crippen LogP contribution >= 0.6 is 23.2 Å². The first kappa shape index (κ1) is 16.8. The highest BCUT2D eigenvalue weighted by atomic mass is 35.5. The molecule has 1 rings (SSSR count). The Bertz CT molecular complexity index is 526. The molecule has 1 unspecified atom stereocenters. The number of rotatable bonds is 3. The topological polar surface area (TPSA) is 55.4 Å². The average Bonchev–Trinajstić information content (AvgIpc) is 2.29. The lowest BCUT2D eigenvalue weighted by molar-refractivity contribution is -0.113. The fraction of sp³-hybridized carbons (Fsp3) is 0.429. The van der Waals surface area contributed by atoms with E-state index in [0.717, 1.165) is 0 Å². The molecule has 20 heavy (non-hydrogen) atoms. The fourth-order valence-corrected chi connectivity index (χ4v) is 2.08. The number of carbonyl (C=O) groups is 2. The van der Waals surface area contributed by atoms with E-state index in [1.165, 1.54) is 6.92 Å². The number of ether oxygens (including phenoxy) is 1. The van der Waals surface area contributed by atoms with Crippen LogP contribution in [-0.4, -0.2) is 18.0 Å². The zero-order chi connectivity index (χ0) is 15.6. The summed E-state index contributed by atoms with van der Waals surface area (Å²) in [5.74, 6) is 0. The van der Waals surface area contributed by atoms with Gasteiger partial charge in [0.15, 0.2) is 0 Å². The monoisotopic (exact) mass is 317 g/mol. The van der Waals surface area contributed by atoms with Gasteiger partial charge < -0.3 is 14.8 Å². The van der Waals surface area contributed by atoms with Crippen LogP contribution < -0.4 is 5.32 Å². The summed E-state index contributed by atoms with van der Waals surface area (Å²) in [5, 5.41) is 3.04. The van der Waals surface area contributed by atoms with Crippen LogP contribution in [0.5, 0.6) is 0 Å². The lowest BCUT2D eigenvalue weighted by Crippen LogP contribution is -2.47. The molecule has 0 aliphatic heterocycles. The molecule has 1 aromatic rings. The second kappa shape index (κ2) is 6.02. The summed E-state index contributed by atoms with van der Waals surface area (Å²) in [7, 11) is 0. The molecule has 0 saturated carbocycles. The first-order valence-electron chi connectivity index (χ1n) is 6.01. The lowest BCUT2D eigenvalue weighted by Gasteiger charge is -2.28. The van der Waals surface area contributed by atoms with Crippen LogP contribution in [0.1, 0.15) is 33.3 Å². The Hall–Kier alpha value is -1.26. The van der Waals surface area contributed by atoms with E-state index < -0.39 is 17.2 Å². The predicted molar refractivity (Wildman–Crippen MR) is 79.2 cm³/mol. The largest absolute Gasteiger partial charge is 0.444 e. The molecule has 110 valence electrons. The lowest BCUT2D eigenvalue weighted by atomic mass is 9.94. The maximum absolute atomic E-state index is 11.8. The molecular weight excluding hydrogens is 301 g/mol. The van der Waals surface area contributed by atoms with Crippen molar-refractivity contribution in [3.63, 3.8) is 0 Å². The number of amides is 1. The third kappa shape index (κ3) is 4.12. The molecule has 0 aromatic heterocycles. The van der Waals surface area contributed by atoms with Gasteiger partial charge >= 0.3 is 6.09 Å². The van der Waals surface area contributed by atoms with Crippen LogP contribution in [0.2, 0.25) is 10.0 Å². The van der Waals surface area contributed by atoms with E-state index in [1.807, 2.05) is 0 Å². The molecule has 1 atom stereocenters. The van der Waals surface area contributed by atoms with Crippen LogP contribution in [-0.2, 0) is 15.1 Å². The Morgan fingerprint density at radius 2 is 1.85 bits per heavy atom. The van der Waals surface area contributed by atoms with Crippen molar-refractivity contribution in [2.75, 3.05) is 0 Å². The number of hydrogen-bond acceptors (Lipinski definition) is 3. The van der Waals surface area contributed by atoms with Crippen molar-refractivity contribution in [2.24, 2.45) is 0 Å². The Labute approximate surface area is 128 Å². The Morgan fingerprint density at radius 1 is 1.25 bits per heavy atom. The van der Waals surface area contributed by atoms with Crippen LogP contribution in [0, 0.1) is 0 Å². The maximum atomic E-state index is 11.8. The summed E-state index contributed by atoms with van der Waals surface area (Å²) < 4.78 is 5.14. The van der Waals surface area contributed by atoms with Crippen LogP contribution in [0.3, 0.4) is 0 Å². The second-order valence-corrected chi connectivity index (χ2v) is 6.33. The van der Waals surface area contributed by atoms with Crippen molar-refractivity contribution in [2.45, 2.75) is 38.8 Å². The summed E-state index contributed by atoms with van der Waals surface area (Å²) in [6, 6.07) is 4.88. The van der Waals surface area contributed by atoms with E-state index in [1.54, 1.807) is 39.0 Å². The normalized spacial score (nSPS) is 14.3. The molecule has 0 heterocycles. The molecule has 0 spiro atoms. The fourth-order valence-electron chi connectivity index (χ4n) is 1.58. The van der Waals surface area contributed by atoms with Gasteiger partial charge in [0.1, 0.15) is 17.4 Å². The van der Waals surface area contributed by atoms with Crippen molar-refractivity contribution in [3.05, 3.63) is 33.8 Å². The number of benzene rings is 1. The molecular formula is C14H17Cl2NO3. The molecule has 6 heteroatoms. The highest BCUT2D eigenvalue weighted by Crippen LogP contribution is 2.32. The van der Waals surface area contributed by atoms with Gasteiger partial charge in [-0.05, 0) is 33.8 Å². The number of carbonyl (C=O) groups excluding carboxylic acids is 2. The van der Waals surface area contributed by atoms with Crippen LogP contribution in [0.25, 0.3) is 0 Å². The van der Waals surface area contributed by atoms with E-state index in [0.29, 0.717) is 16.9 Å². The number of alkyl carbamates (subject to hydrolysis) is 1. The van der Waals surface area contributed by atoms with Gasteiger partial charge in [-0.2, -0.15) is 0 Å². The highest BCUT2D eigenvalue weighted by Gasteiger charge is 2.32. The molecule has 0 radical (unpaired) electrons. The van der Waals surface area contributed by atoms with E-state index in [9.17, 15) is 9.59 Å². The van der Waals surface area contributed by atoms with E-state index in [4.69, 9.17) is 27.9 Å². The van der Waals surface area contributed by atoms with E-state index >= 15 is 0 Å². The summed E-state index contributed by atoms with van der Waals surface area (Å²) in [6.45, 7) is 6.73. The molecule has 0 bridgehead atoms. The number of halogens is 2. The van der Waals surface area contributed by atoms with E-state index in [2.05, 4.69) is 5.32 Å². The molecule has 0 saturated heterocycles. The first-order valence-corrected chi connectivity index (χ1v) is 6.76. The van der Waals surface area contributed by atoms with Gasteiger partial charge in [0.25, 0.3) is 0 Å². The van der Waals surface area contributed by atoms with Gasteiger partial charge in [0.05, 0.1) is 10.0 Å². The van der Waals surface area contributed by atoms with Crippen LogP contribution in [0.15, 0.2) is 18.2 Å². The second-order valence-electron chi connectivity index (χ2n) is 5.55. The summed E-state index contributed by atoms with van der Waals surface area (Å²) in [6.07, 6.45) is -0.114. The first-order chi connectivity index (χ1) is 9.09. The Morgan fingerprint density at radius 3 is 2.35 bits per heavy atom. The Balaban J connectivity index is 3.06. The molecule has 1 N–H and O–H groups in total. The molecule has 0 fully saturated rings. The number of hydrogen-bond donors (Lipinski definition) is 1. The van der Waals surface area contributed by atoms with Crippen molar-refractivity contribution in [3.8, 4) is 0 Å². The molecule has 4 nitrogen and oxygen atoms in total. The zero-order valence-corrected chi connectivity index (χ0v) is 13.3.